The molecule has 20 heavy (non-hydrogen) atoms. The van der Waals surface area contributed by atoms with E-state index in [-0.39, 0.29) is 11.9 Å². The largest absolute Gasteiger partial charge is 0.484 e. The standard InChI is InChI=1S/C17H15ClO2/c1-10-7-11(2)17-14(19)9-15(20-16(17)8-10)12-3-5-13(18)6-4-12/h3-8,15H,9H2,1-2H3. The average molecular weight is 287 g/mol. The smallest absolute Gasteiger partial charge is 0.170 e. The minimum atomic E-state index is -0.228. The minimum absolute atomic E-state index is 0.142. The maximum Gasteiger partial charge on any atom is 0.170 e. The third-order valence-corrected chi connectivity index (χ3v) is 3.86. The zero-order valence-corrected chi connectivity index (χ0v) is 12.2. The molecule has 2 aromatic carbocycles. The first kappa shape index (κ1) is 13.2. The van der Waals surface area contributed by atoms with E-state index >= 15 is 0 Å². The monoisotopic (exact) mass is 286 g/mol. The third-order valence-electron chi connectivity index (χ3n) is 3.60. The van der Waals surface area contributed by atoms with Gasteiger partial charge in [-0.3, -0.25) is 4.79 Å². The quantitative estimate of drug-likeness (QED) is 0.762. The van der Waals surface area contributed by atoms with Gasteiger partial charge < -0.3 is 4.74 Å². The lowest BCUT2D eigenvalue weighted by atomic mass is 9.92. The minimum Gasteiger partial charge on any atom is -0.484 e. The van der Waals surface area contributed by atoms with Crippen molar-refractivity contribution in [3.8, 4) is 5.75 Å². The Bertz CT molecular complexity index is 674. The molecular formula is C17H15ClO2. The number of carbonyl (C=O) groups excluding carboxylic acids is 1. The molecule has 1 aliphatic rings. The Labute approximate surface area is 123 Å². The third kappa shape index (κ3) is 2.32. The van der Waals surface area contributed by atoms with Crippen LogP contribution in [0.25, 0.3) is 0 Å². The van der Waals surface area contributed by atoms with Crippen LogP contribution >= 0.6 is 11.6 Å². The molecule has 0 N–H and O–H groups in total. The van der Waals surface area contributed by atoms with Gasteiger partial charge in [-0.05, 0) is 48.7 Å². The predicted octanol–water partition coefficient (Wildman–Crippen LogP) is 4.66. The summed E-state index contributed by atoms with van der Waals surface area (Å²) in [5, 5.41) is 0.683. The second kappa shape index (κ2) is 4.95. The second-order valence-electron chi connectivity index (χ2n) is 5.24. The molecule has 1 unspecified atom stereocenters. The molecule has 1 heterocycles. The van der Waals surface area contributed by atoms with Crippen molar-refractivity contribution >= 4 is 17.4 Å². The molecule has 2 aromatic rings. The molecule has 0 bridgehead atoms. The fourth-order valence-electron chi connectivity index (χ4n) is 2.71. The van der Waals surface area contributed by atoms with Crippen LogP contribution in [0.5, 0.6) is 5.75 Å². The Morgan fingerprint density at radius 2 is 1.85 bits per heavy atom. The van der Waals surface area contributed by atoms with Gasteiger partial charge in [-0.2, -0.15) is 0 Å². The summed E-state index contributed by atoms with van der Waals surface area (Å²) >= 11 is 5.89. The maximum absolute atomic E-state index is 12.4. The first-order chi connectivity index (χ1) is 9.54. The highest BCUT2D eigenvalue weighted by atomic mass is 35.5. The predicted molar refractivity (Wildman–Crippen MR) is 79.7 cm³/mol. The Kier molecular flexibility index (Phi) is 3.27. The van der Waals surface area contributed by atoms with Gasteiger partial charge in [0, 0.05) is 5.02 Å². The maximum atomic E-state index is 12.4. The van der Waals surface area contributed by atoms with E-state index in [0.29, 0.717) is 17.2 Å². The van der Waals surface area contributed by atoms with Gasteiger partial charge in [0.1, 0.15) is 11.9 Å². The Morgan fingerprint density at radius 1 is 1.15 bits per heavy atom. The number of aryl methyl sites for hydroxylation is 2. The molecule has 2 nitrogen and oxygen atoms in total. The lowest BCUT2D eigenvalue weighted by Crippen LogP contribution is -2.21. The first-order valence-corrected chi connectivity index (χ1v) is 6.99. The lowest BCUT2D eigenvalue weighted by molar-refractivity contribution is 0.0849. The zero-order chi connectivity index (χ0) is 14.3. The topological polar surface area (TPSA) is 26.3 Å². The molecule has 0 fully saturated rings. The summed E-state index contributed by atoms with van der Waals surface area (Å²) in [5.41, 5.74) is 3.79. The first-order valence-electron chi connectivity index (χ1n) is 6.61. The molecule has 0 saturated heterocycles. The number of benzene rings is 2. The van der Waals surface area contributed by atoms with Gasteiger partial charge in [-0.25, -0.2) is 0 Å². The number of hydrogen-bond acceptors (Lipinski definition) is 2. The highest BCUT2D eigenvalue weighted by molar-refractivity contribution is 6.30. The summed E-state index contributed by atoms with van der Waals surface area (Å²) in [6.45, 7) is 3.96. The summed E-state index contributed by atoms with van der Waals surface area (Å²) in [6.07, 6.45) is 0.145. The Balaban J connectivity index is 2.00. The van der Waals surface area contributed by atoms with Crippen molar-refractivity contribution < 1.29 is 9.53 Å². The zero-order valence-electron chi connectivity index (χ0n) is 11.4. The second-order valence-corrected chi connectivity index (χ2v) is 5.68. The van der Waals surface area contributed by atoms with Crippen molar-refractivity contribution in [3.05, 3.63) is 63.7 Å². The molecule has 0 spiro atoms. The van der Waals surface area contributed by atoms with Crippen LogP contribution < -0.4 is 4.74 Å². The van der Waals surface area contributed by atoms with Crippen LogP contribution in [-0.4, -0.2) is 5.78 Å². The fourth-order valence-corrected chi connectivity index (χ4v) is 2.83. The van der Waals surface area contributed by atoms with Crippen LogP contribution in [0, 0.1) is 13.8 Å². The molecule has 0 aromatic heterocycles. The SMILES string of the molecule is Cc1cc(C)c2c(c1)OC(c1ccc(Cl)cc1)CC2=O. The van der Waals surface area contributed by atoms with Gasteiger partial charge in [-0.15, -0.1) is 0 Å². The van der Waals surface area contributed by atoms with E-state index in [1.165, 1.54) is 0 Å². The van der Waals surface area contributed by atoms with Crippen LogP contribution in [-0.2, 0) is 0 Å². The van der Waals surface area contributed by atoms with Crippen molar-refractivity contribution in [1.82, 2.24) is 0 Å². The van der Waals surface area contributed by atoms with Crippen LogP contribution in [0.15, 0.2) is 36.4 Å². The molecule has 1 atom stereocenters. The molecule has 1 aliphatic heterocycles. The number of hydrogen-bond donors (Lipinski definition) is 0. The normalized spacial score (nSPS) is 17.6. The number of rotatable bonds is 1. The molecule has 0 amide bonds. The van der Waals surface area contributed by atoms with Gasteiger partial charge in [0.05, 0.1) is 12.0 Å². The molecule has 0 saturated carbocycles. The average Bonchev–Trinajstić information content (AvgIpc) is 2.38. The van der Waals surface area contributed by atoms with E-state index in [1.807, 2.05) is 50.2 Å². The highest BCUT2D eigenvalue weighted by Crippen LogP contribution is 2.37. The van der Waals surface area contributed by atoms with E-state index in [4.69, 9.17) is 16.3 Å². The van der Waals surface area contributed by atoms with Crippen molar-refractivity contribution in [2.24, 2.45) is 0 Å². The number of ether oxygens (including phenoxy) is 1. The van der Waals surface area contributed by atoms with Crippen LogP contribution in [0.2, 0.25) is 5.02 Å². The Morgan fingerprint density at radius 3 is 2.55 bits per heavy atom. The summed E-state index contributed by atoms with van der Waals surface area (Å²) in [7, 11) is 0. The summed E-state index contributed by atoms with van der Waals surface area (Å²) in [4.78, 5) is 12.4. The number of halogens is 1. The summed E-state index contributed by atoms with van der Waals surface area (Å²) in [6, 6.07) is 11.4. The van der Waals surface area contributed by atoms with E-state index in [2.05, 4.69) is 0 Å². The molecule has 102 valence electrons. The van der Waals surface area contributed by atoms with Gasteiger partial charge in [0.2, 0.25) is 0 Å². The molecular weight excluding hydrogens is 272 g/mol. The molecule has 0 aliphatic carbocycles. The van der Waals surface area contributed by atoms with Gasteiger partial charge in [0.15, 0.2) is 5.78 Å². The lowest BCUT2D eigenvalue weighted by Gasteiger charge is -2.27. The van der Waals surface area contributed by atoms with Crippen molar-refractivity contribution in [2.75, 3.05) is 0 Å². The Hall–Kier alpha value is -1.80. The van der Waals surface area contributed by atoms with E-state index < -0.39 is 0 Å². The number of carbonyl (C=O) groups is 1. The molecule has 3 heteroatoms. The van der Waals surface area contributed by atoms with Gasteiger partial charge >= 0.3 is 0 Å². The van der Waals surface area contributed by atoms with Crippen LogP contribution in [0.1, 0.15) is 39.6 Å². The van der Waals surface area contributed by atoms with Gasteiger partial charge in [-0.1, -0.05) is 29.8 Å². The van der Waals surface area contributed by atoms with E-state index in [1.54, 1.807) is 0 Å². The fraction of sp³-hybridized carbons (Fsp3) is 0.235. The van der Waals surface area contributed by atoms with E-state index in [9.17, 15) is 4.79 Å². The van der Waals surface area contributed by atoms with Crippen molar-refractivity contribution in [3.63, 3.8) is 0 Å². The number of fused-ring (bicyclic) bond motifs is 1. The number of Topliss-reactive ketones (excluding diaryl/α,β-unsaturated/α-hetero) is 1. The van der Waals surface area contributed by atoms with Crippen LogP contribution in [0.4, 0.5) is 0 Å². The summed E-state index contributed by atoms with van der Waals surface area (Å²) < 4.78 is 6.03. The van der Waals surface area contributed by atoms with Crippen LogP contribution in [0.3, 0.4) is 0 Å². The van der Waals surface area contributed by atoms with E-state index in [0.717, 1.165) is 22.3 Å². The molecule has 3 rings (SSSR count). The number of ketones is 1. The van der Waals surface area contributed by atoms with Gasteiger partial charge in [0.25, 0.3) is 0 Å². The van der Waals surface area contributed by atoms with Crippen molar-refractivity contribution in [1.29, 1.82) is 0 Å². The molecule has 0 radical (unpaired) electrons. The van der Waals surface area contributed by atoms with Crippen molar-refractivity contribution in [2.45, 2.75) is 26.4 Å². The highest BCUT2D eigenvalue weighted by Gasteiger charge is 2.29. The summed E-state index contributed by atoms with van der Waals surface area (Å²) in [5.74, 6) is 0.836.